The molecule has 37 heavy (non-hydrogen) atoms. The molecular formula is C25H20F5N5O2. The van der Waals surface area contributed by atoms with Crippen molar-refractivity contribution in [2.75, 3.05) is 5.32 Å². The molecule has 2 aromatic carbocycles. The lowest BCUT2D eigenvalue weighted by Crippen LogP contribution is -2.29. The maximum Gasteiger partial charge on any atom is 0.416 e. The number of fused-ring (bicyclic) bond motifs is 1. The van der Waals surface area contributed by atoms with Gasteiger partial charge in [-0.2, -0.15) is 18.3 Å². The van der Waals surface area contributed by atoms with Crippen LogP contribution in [0, 0.1) is 18.6 Å². The van der Waals surface area contributed by atoms with Gasteiger partial charge in [-0.05, 0) is 55.7 Å². The molecule has 4 rings (SSSR count). The van der Waals surface area contributed by atoms with E-state index in [-0.39, 0.29) is 28.5 Å². The van der Waals surface area contributed by atoms with Gasteiger partial charge in [0, 0.05) is 22.2 Å². The highest BCUT2D eigenvalue weighted by atomic mass is 19.4. The topological polar surface area (TPSA) is 88.4 Å². The number of aromatic nitrogens is 3. The Kier molecular flexibility index (Phi) is 5.68. The van der Waals surface area contributed by atoms with Crippen LogP contribution in [-0.2, 0) is 11.0 Å². The molecule has 0 spiro atoms. The number of rotatable bonds is 5. The lowest BCUT2D eigenvalue weighted by atomic mass is 9.99. The first-order valence-electron chi connectivity index (χ1n) is 12.2. The van der Waals surface area contributed by atoms with Gasteiger partial charge in [0.2, 0.25) is 5.91 Å². The predicted molar refractivity (Wildman–Crippen MR) is 125 cm³/mol. The number of imidazole rings is 1. The highest BCUT2D eigenvalue weighted by Gasteiger charge is 2.32. The van der Waals surface area contributed by atoms with Crippen molar-refractivity contribution in [3.8, 4) is 11.3 Å². The Morgan fingerprint density at radius 2 is 1.86 bits per heavy atom. The molecule has 12 heteroatoms. The van der Waals surface area contributed by atoms with Crippen molar-refractivity contribution in [1.29, 1.82) is 0 Å². The van der Waals surface area contributed by atoms with Crippen LogP contribution in [0.4, 0.5) is 27.8 Å². The fourth-order valence-electron chi connectivity index (χ4n) is 3.64. The highest BCUT2D eigenvalue weighted by molar-refractivity contribution is 5.97. The van der Waals surface area contributed by atoms with E-state index in [4.69, 9.17) is 4.11 Å². The molecule has 0 radical (unpaired) electrons. The number of carbonyl (C=O) groups excluding carboxylic acids is 2. The quantitative estimate of drug-likeness (QED) is 0.343. The van der Waals surface area contributed by atoms with E-state index in [0.717, 1.165) is 0 Å². The number of nitrogens with zero attached hydrogens (tertiary/aromatic N) is 3. The molecule has 4 aromatic rings. The van der Waals surface area contributed by atoms with Crippen LogP contribution in [0.1, 0.15) is 51.0 Å². The average Bonchev–Trinajstić information content (AvgIpc) is 3.22. The second kappa shape index (κ2) is 9.60. The van der Waals surface area contributed by atoms with Gasteiger partial charge in [0.25, 0.3) is 5.91 Å². The molecule has 2 amide bonds. The molecule has 7 nitrogen and oxygen atoms in total. The molecule has 0 unspecified atom stereocenters. The minimum atomic E-state index is -4.91. The Hall–Kier alpha value is -4.35. The molecule has 0 saturated carbocycles. The van der Waals surface area contributed by atoms with E-state index in [9.17, 15) is 27.2 Å². The number of benzene rings is 2. The number of halogens is 5. The van der Waals surface area contributed by atoms with Crippen LogP contribution < -0.4 is 10.6 Å². The highest BCUT2D eigenvalue weighted by Crippen LogP contribution is 2.32. The van der Waals surface area contributed by atoms with Crippen LogP contribution in [0.25, 0.3) is 16.9 Å². The SMILES string of the molecule is [2H]C([2H])([2H])[C@@H](NC(=O)c1c(C)ccc(-c2ccc3nc(NC(C)=O)cn3n2)c1F)c1cc(C(F)(F)F)ccc1F. The van der Waals surface area contributed by atoms with Crippen LogP contribution >= 0.6 is 0 Å². The summed E-state index contributed by atoms with van der Waals surface area (Å²) in [5.74, 6) is -3.85. The number of nitrogens with one attached hydrogen (secondary N) is 2. The molecule has 1 atom stereocenters. The zero-order valence-corrected chi connectivity index (χ0v) is 19.2. The standard InChI is InChI=1S/C25H20F5N5O2/c1-12-4-6-16(19-8-9-21-33-20(32-14(3)36)11-35(21)34-19)23(27)22(12)24(37)31-13(2)17-10-15(25(28,29)30)5-7-18(17)26/h4-11,13H,1-3H3,(H,31,37)(H,32,36)/t13-/m1/s1/i2D3. The normalized spacial score (nSPS) is 14.0. The van der Waals surface area contributed by atoms with E-state index in [1.807, 2.05) is 5.32 Å². The largest absolute Gasteiger partial charge is 0.416 e. The minimum absolute atomic E-state index is 0.0436. The van der Waals surface area contributed by atoms with Gasteiger partial charge in [0.05, 0.1) is 29.1 Å². The minimum Gasteiger partial charge on any atom is -0.345 e. The molecule has 0 aliphatic rings. The summed E-state index contributed by atoms with van der Waals surface area (Å²) in [5.41, 5.74) is -2.58. The first-order valence-corrected chi connectivity index (χ1v) is 10.7. The van der Waals surface area contributed by atoms with Gasteiger partial charge in [0.1, 0.15) is 11.6 Å². The van der Waals surface area contributed by atoms with Crippen molar-refractivity contribution in [3.63, 3.8) is 0 Å². The van der Waals surface area contributed by atoms with Crippen LogP contribution in [0.2, 0.25) is 0 Å². The van der Waals surface area contributed by atoms with Gasteiger partial charge in [-0.3, -0.25) is 9.59 Å². The number of aryl methyl sites for hydroxylation is 1. The van der Waals surface area contributed by atoms with Crippen LogP contribution in [-0.4, -0.2) is 26.4 Å². The van der Waals surface area contributed by atoms with Crippen molar-refractivity contribution in [2.24, 2.45) is 0 Å². The van der Waals surface area contributed by atoms with E-state index in [0.29, 0.717) is 23.8 Å². The van der Waals surface area contributed by atoms with Gasteiger partial charge in [-0.1, -0.05) is 6.07 Å². The number of hydrogen-bond donors (Lipinski definition) is 2. The summed E-state index contributed by atoms with van der Waals surface area (Å²) >= 11 is 0. The number of hydrogen-bond acceptors (Lipinski definition) is 4. The second-order valence-corrected chi connectivity index (χ2v) is 8.09. The summed E-state index contributed by atoms with van der Waals surface area (Å²) in [6.07, 6.45) is -3.53. The third kappa shape index (κ3) is 5.27. The molecule has 0 bridgehead atoms. The Labute approximate surface area is 211 Å². The van der Waals surface area contributed by atoms with E-state index < -0.39 is 53.3 Å². The van der Waals surface area contributed by atoms with E-state index in [1.54, 1.807) is 0 Å². The Balaban J connectivity index is 1.74. The maximum atomic E-state index is 15.7. The monoisotopic (exact) mass is 520 g/mol. The Bertz CT molecular complexity index is 1640. The number of alkyl halides is 3. The Morgan fingerprint density at radius 1 is 1.11 bits per heavy atom. The van der Waals surface area contributed by atoms with E-state index >= 15 is 4.39 Å². The summed E-state index contributed by atoms with van der Waals surface area (Å²) in [6, 6.07) is 4.54. The summed E-state index contributed by atoms with van der Waals surface area (Å²) in [5, 5.41) is 8.72. The maximum absolute atomic E-state index is 15.7. The van der Waals surface area contributed by atoms with Gasteiger partial charge < -0.3 is 10.6 Å². The van der Waals surface area contributed by atoms with Crippen molar-refractivity contribution in [3.05, 3.63) is 82.5 Å². The molecule has 2 N–H and O–H groups in total. The molecule has 192 valence electrons. The number of carbonyl (C=O) groups is 2. The van der Waals surface area contributed by atoms with Gasteiger partial charge in [-0.15, -0.1) is 0 Å². The first-order chi connectivity index (χ1) is 18.6. The fraction of sp³-hybridized carbons (Fsp3) is 0.200. The molecule has 0 saturated heterocycles. The van der Waals surface area contributed by atoms with Crippen molar-refractivity contribution in [1.82, 2.24) is 19.9 Å². The van der Waals surface area contributed by atoms with Crippen LogP contribution in [0.15, 0.2) is 48.7 Å². The van der Waals surface area contributed by atoms with Gasteiger partial charge >= 0.3 is 6.18 Å². The van der Waals surface area contributed by atoms with Crippen molar-refractivity contribution in [2.45, 2.75) is 32.9 Å². The van der Waals surface area contributed by atoms with Crippen molar-refractivity contribution >= 4 is 23.3 Å². The lowest BCUT2D eigenvalue weighted by molar-refractivity contribution is -0.137. The lowest BCUT2D eigenvalue weighted by Gasteiger charge is -2.18. The van der Waals surface area contributed by atoms with Crippen LogP contribution in [0.5, 0.6) is 0 Å². The third-order valence-electron chi connectivity index (χ3n) is 5.39. The van der Waals surface area contributed by atoms with Crippen LogP contribution in [0.3, 0.4) is 0 Å². The molecule has 2 aromatic heterocycles. The summed E-state index contributed by atoms with van der Waals surface area (Å²) in [6.45, 7) is -0.541. The van der Waals surface area contributed by atoms with Gasteiger partial charge in [-0.25, -0.2) is 18.3 Å². The second-order valence-electron chi connectivity index (χ2n) is 8.09. The molecule has 0 aliphatic carbocycles. The average molecular weight is 520 g/mol. The fourth-order valence-corrected chi connectivity index (χ4v) is 3.64. The smallest absolute Gasteiger partial charge is 0.345 e. The van der Waals surface area contributed by atoms with E-state index in [2.05, 4.69) is 15.4 Å². The van der Waals surface area contributed by atoms with E-state index in [1.165, 1.54) is 48.8 Å². The summed E-state index contributed by atoms with van der Waals surface area (Å²) in [7, 11) is 0. The third-order valence-corrected chi connectivity index (χ3v) is 5.39. The summed E-state index contributed by atoms with van der Waals surface area (Å²) < 4.78 is 94.5. The molecule has 0 aliphatic heterocycles. The molecular weight excluding hydrogens is 497 g/mol. The van der Waals surface area contributed by atoms with Gasteiger partial charge in [0.15, 0.2) is 11.5 Å². The summed E-state index contributed by atoms with van der Waals surface area (Å²) in [4.78, 5) is 28.6. The molecule has 0 fully saturated rings. The number of anilines is 1. The zero-order chi connectivity index (χ0) is 29.6. The van der Waals surface area contributed by atoms with Crippen molar-refractivity contribution < 1.29 is 35.7 Å². The predicted octanol–water partition coefficient (Wildman–Crippen LogP) is 5.45. The first kappa shape index (κ1) is 21.9. The number of amides is 2. The Morgan fingerprint density at radius 3 is 2.54 bits per heavy atom. The zero-order valence-electron chi connectivity index (χ0n) is 22.2. The molecule has 2 heterocycles.